The minimum absolute atomic E-state index is 0.0310. The maximum Gasteiger partial charge on any atom is 0.265 e. The lowest BCUT2D eigenvalue weighted by Crippen LogP contribution is -2.21. The Balaban J connectivity index is 2.46. The number of hydrogen-bond acceptors (Lipinski definition) is 2. The summed E-state index contributed by atoms with van der Waals surface area (Å²) in [4.78, 5) is 11.8. The average Bonchev–Trinajstić information content (AvgIpc) is 2.31. The molecule has 2 N–H and O–H groups in total. The molecule has 0 saturated carbocycles. The molecule has 0 unspecified atom stereocenters. The highest BCUT2D eigenvalue weighted by atomic mass is 79.9. The first-order valence-electron chi connectivity index (χ1n) is 5.07. The molecule has 0 saturated heterocycles. The number of pyridine rings is 1. The number of halogens is 3. The summed E-state index contributed by atoms with van der Waals surface area (Å²) in [5.74, 6) is -0.524. The van der Waals surface area contributed by atoms with Gasteiger partial charge in [0, 0.05) is 17.4 Å². The van der Waals surface area contributed by atoms with E-state index in [0.717, 1.165) is 0 Å². The fourth-order valence-electron chi connectivity index (χ4n) is 1.59. The first-order valence-corrected chi connectivity index (χ1v) is 6.24. The van der Waals surface area contributed by atoms with Crippen LogP contribution in [0.25, 0.3) is 0 Å². The number of nitrogens with two attached hydrogens (primary N) is 1. The summed E-state index contributed by atoms with van der Waals surface area (Å²) in [5.41, 5.74) is 6.12. The zero-order valence-electron chi connectivity index (χ0n) is 9.16. The topological polar surface area (TPSA) is 48.0 Å². The predicted molar refractivity (Wildman–Crippen MR) is 73.3 cm³/mol. The second-order valence-electron chi connectivity index (χ2n) is 3.77. The van der Waals surface area contributed by atoms with Crippen molar-refractivity contribution in [2.45, 2.75) is 6.54 Å². The number of aromatic nitrogens is 1. The highest BCUT2D eigenvalue weighted by Crippen LogP contribution is 2.19. The van der Waals surface area contributed by atoms with Gasteiger partial charge in [0.15, 0.2) is 0 Å². The van der Waals surface area contributed by atoms with Crippen molar-refractivity contribution < 1.29 is 4.39 Å². The van der Waals surface area contributed by atoms with E-state index in [4.69, 9.17) is 17.3 Å². The van der Waals surface area contributed by atoms with Gasteiger partial charge >= 0.3 is 0 Å². The van der Waals surface area contributed by atoms with Crippen LogP contribution in [0.1, 0.15) is 5.56 Å². The van der Waals surface area contributed by atoms with E-state index >= 15 is 0 Å². The maximum absolute atomic E-state index is 13.7. The van der Waals surface area contributed by atoms with E-state index in [-0.39, 0.29) is 17.1 Å². The molecule has 1 aromatic heterocycles. The van der Waals surface area contributed by atoms with Crippen molar-refractivity contribution in [3.63, 3.8) is 0 Å². The van der Waals surface area contributed by atoms with Gasteiger partial charge in [-0.25, -0.2) is 4.39 Å². The van der Waals surface area contributed by atoms with Crippen molar-refractivity contribution in [2.24, 2.45) is 0 Å². The Morgan fingerprint density at radius 2 is 2.17 bits per heavy atom. The minimum atomic E-state index is -0.524. The Morgan fingerprint density at radius 3 is 2.89 bits per heavy atom. The maximum atomic E-state index is 13.7. The number of benzene rings is 1. The summed E-state index contributed by atoms with van der Waals surface area (Å²) in [6, 6.07) is 6.17. The lowest BCUT2D eigenvalue weighted by molar-refractivity contribution is 0.596. The molecule has 18 heavy (non-hydrogen) atoms. The van der Waals surface area contributed by atoms with Crippen LogP contribution in [0.3, 0.4) is 0 Å². The summed E-state index contributed by atoms with van der Waals surface area (Å²) in [5, 5.41) is 0.0310. The number of hydrogen-bond donors (Lipinski definition) is 1. The van der Waals surface area contributed by atoms with Gasteiger partial charge in [-0.05, 0) is 28.1 Å². The quantitative estimate of drug-likeness (QED) is 0.919. The van der Waals surface area contributed by atoms with Crippen LogP contribution in [0, 0.1) is 5.82 Å². The predicted octanol–water partition coefficient (Wildman–Crippen LogP) is 3.03. The van der Waals surface area contributed by atoms with Crippen LogP contribution in [-0.4, -0.2) is 4.57 Å². The van der Waals surface area contributed by atoms with Crippen molar-refractivity contribution in [1.82, 2.24) is 4.57 Å². The monoisotopic (exact) mass is 330 g/mol. The number of nitrogens with zero attached hydrogens (tertiary/aromatic N) is 1. The molecule has 2 rings (SSSR count). The lowest BCUT2D eigenvalue weighted by atomic mass is 10.2. The summed E-state index contributed by atoms with van der Waals surface area (Å²) in [6.07, 6.45) is 1.47. The van der Waals surface area contributed by atoms with Gasteiger partial charge in [-0.1, -0.05) is 23.7 Å². The van der Waals surface area contributed by atoms with Gasteiger partial charge in [-0.15, -0.1) is 0 Å². The number of rotatable bonds is 2. The number of anilines is 1. The van der Waals surface area contributed by atoms with Crippen molar-refractivity contribution in [3.05, 3.63) is 61.7 Å². The molecule has 0 aliphatic rings. The molecule has 0 radical (unpaired) electrons. The molecule has 0 aliphatic carbocycles. The van der Waals surface area contributed by atoms with Gasteiger partial charge in [-0.2, -0.15) is 0 Å². The smallest absolute Gasteiger partial charge is 0.265 e. The van der Waals surface area contributed by atoms with Gasteiger partial charge in [0.25, 0.3) is 5.56 Å². The van der Waals surface area contributed by atoms with Crippen LogP contribution < -0.4 is 11.3 Å². The fraction of sp³-hybridized carbons (Fsp3) is 0.0833. The fourth-order valence-corrected chi connectivity index (χ4v) is 2.28. The molecule has 0 fully saturated rings. The summed E-state index contributed by atoms with van der Waals surface area (Å²) in [6.45, 7) is 0.0782. The first kappa shape index (κ1) is 13.1. The average molecular weight is 332 g/mol. The van der Waals surface area contributed by atoms with E-state index in [1.165, 1.54) is 22.9 Å². The Hall–Kier alpha value is -1.33. The molecular weight excluding hydrogens is 322 g/mol. The molecular formula is C12H9BrClFN2O. The molecule has 0 amide bonds. The zero-order valence-corrected chi connectivity index (χ0v) is 11.5. The zero-order chi connectivity index (χ0) is 13.3. The molecule has 2 aromatic rings. The Morgan fingerprint density at radius 1 is 1.44 bits per heavy atom. The van der Waals surface area contributed by atoms with Crippen molar-refractivity contribution in [3.8, 4) is 0 Å². The Kier molecular flexibility index (Phi) is 3.73. The third kappa shape index (κ3) is 2.57. The van der Waals surface area contributed by atoms with Crippen LogP contribution >= 0.6 is 27.5 Å². The van der Waals surface area contributed by atoms with E-state index in [9.17, 15) is 9.18 Å². The van der Waals surface area contributed by atoms with Gasteiger partial charge < -0.3 is 10.3 Å². The van der Waals surface area contributed by atoms with Crippen LogP contribution in [0.4, 0.5) is 10.1 Å². The molecule has 0 bridgehead atoms. The lowest BCUT2D eigenvalue weighted by Gasteiger charge is -2.09. The molecule has 0 spiro atoms. The van der Waals surface area contributed by atoms with Crippen molar-refractivity contribution in [1.29, 1.82) is 0 Å². The minimum Gasteiger partial charge on any atom is -0.398 e. The second kappa shape index (κ2) is 5.12. The van der Waals surface area contributed by atoms with Crippen LogP contribution in [0.5, 0.6) is 0 Å². The molecule has 1 aromatic carbocycles. The molecule has 94 valence electrons. The highest BCUT2D eigenvalue weighted by Gasteiger charge is 2.09. The second-order valence-corrected chi connectivity index (χ2v) is 5.03. The summed E-state index contributed by atoms with van der Waals surface area (Å²) < 4.78 is 15.4. The largest absolute Gasteiger partial charge is 0.398 e. The van der Waals surface area contributed by atoms with E-state index in [1.807, 2.05) is 0 Å². The molecule has 1 heterocycles. The van der Waals surface area contributed by atoms with Crippen molar-refractivity contribution in [2.75, 3.05) is 5.73 Å². The van der Waals surface area contributed by atoms with Crippen LogP contribution in [0.15, 0.2) is 39.7 Å². The third-order valence-electron chi connectivity index (χ3n) is 2.44. The van der Waals surface area contributed by atoms with Gasteiger partial charge in [0.2, 0.25) is 0 Å². The van der Waals surface area contributed by atoms with Crippen LogP contribution in [-0.2, 0) is 6.54 Å². The van der Waals surface area contributed by atoms with Gasteiger partial charge in [0.05, 0.1) is 16.0 Å². The molecule has 6 heteroatoms. The Labute approximate surface area is 116 Å². The van der Waals surface area contributed by atoms with E-state index in [0.29, 0.717) is 15.7 Å². The standard InChI is InChI=1S/C12H9BrClFN2O/c13-9-4-8(16)6-17(12(9)18)5-7-2-1-3-10(14)11(7)15/h1-4,6H,5,16H2. The molecule has 3 nitrogen and oxygen atoms in total. The number of nitrogen functional groups attached to an aromatic ring is 1. The van der Waals surface area contributed by atoms with Gasteiger partial charge in [-0.3, -0.25) is 4.79 Å². The SMILES string of the molecule is Nc1cc(Br)c(=O)n(Cc2cccc(Cl)c2F)c1. The normalized spacial score (nSPS) is 10.6. The Bertz CT molecular complexity index is 657. The van der Waals surface area contributed by atoms with Crippen LogP contribution in [0.2, 0.25) is 5.02 Å². The molecule has 0 aliphatic heterocycles. The van der Waals surface area contributed by atoms with E-state index in [1.54, 1.807) is 12.1 Å². The molecule has 0 atom stereocenters. The van der Waals surface area contributed by atoms with Gasteiger partial charge in [0.1, 0.15) is 5.82 Å². The van der Waals surface area contributed by atoms with E-state index < -0.39 is 5.82 Å². The summed E-state index contributed by atoms with van der Waals surface area (Å²) >= 11 is 8.80. The van der Waals surface area contributed by atoms with Crippen molar-refractivity contribution >= 4 is 33.2 Å². The first-order chi connectivity index (χ1) is 8.49. The highest BCUT2D eigenvalue weighted by molar-refractivity contribution is 9.10. The summed E-state index contributed by atoms with van der Waals surface area (Å²) in [7, 11) is 0. The third-order valence-corrected chi connectivity index (χ3v) is 3.30. The van der Waals surface area contributed by atoms with E-state index in [2.05, 4.69) is 15.9 Å².